The Morgan fingerprint density at radius 1 is 1.44 bits per heavy atom. The second-order valence-electron chi connectivity index (χ2n) is 4.21. The minimum Gasteiger partial charge on any atom is -0.485 e. The Balaban J connectivity index is 2.20. The van der Waals surface area contributed by atoms with Gasteiger partial charge in [0, 0.05) is 12.0 Å². The zero-order valence-corrected chi connectivity index (χ0v) is 10.4. The van der Waals surface area contributed by atoms with Gasteiger partial charge in [0.15, 0.2) is 5.78 Å². The van der Waals surface area contributed by atoms with Crippen LogP contribution >= 0.6 is 0 Å². The molecule has 94 valence electrons. The average molecular weight is 246 g/mol. The van der Waals surface area contributed by atoms with Gasteiger partial charge in [-0.05, 0) is 30.7 Å². The minimum atomic E-state index is -0.473. The standard InChI is InChI=1S/C14H14O4/c1-8(14(16)17-3)13-7-11-6-10(9(2)15)4-5-12(11)18-13/h4-6,13H,1,7H2,2-3H3. The Labute approximate surface area is 105 Å². The third-order valence-corrected chi connectivity index (χ3v) is 2.98. The van der Waals surface area contributed by atoms with Gasteiger partial charge in [-0.3, -0.25) is 4.79 Å². The number of ketones is 1. The van der Waals surface area contributed by atoms with Crippen molar-refractivity contribution < 1.29 is 19.1 Å². The molecule has 0 saturated heterocycles. The molecule has 18 heavy (non-hydrogen) atoms. The molecule has 0 bridgehead atoms. The lowest BCUT2D eigenvalue weighted by Crippen LogP contribution is -2.22. The van der Waals surface area contributed by atoms with Gasteiger partial charge in [-0.25, -0.2) is 4.79 Å². The maximum Gasteiger partial charge on any atom is 0.336 e. The average Bonchev–Trinajstić information content (AvgIpc) is 2.79. The van der Waals surface area contributed by atoms with Crippen LogP contribution in [0.1, 0.15) is 22.8 Å². The summed E-state index contributed by atoms with van der Waals surface area (Å²) in [4.78, 5) is 22.7. The van der Waals surface area contributed by atoms with Crippen LogP contribution in [0, 0.1) is 0 Å². The molecule has 1 aromatic carbocycles. The molecule has 0 saturated carbocycles. The van der Waals surface area contributed by atoms with Crippen molar-refractivity contribution in [3.8, 4) is 5.75 Å². The number of Topliss-reactive ketones (excluding diaryl/α,β-unsaturated/α-hetero) is 1. The smallest absolute Gasteiger partial charge is 0.336 e. The molecular weight excluding hydrogens is 232 g/mol. The van der Waals surface area contributed by atoms with Gasteiger partial charge in [0.1, 0.15) is 11.9 Å². The molecule has 1 aliphatic heterocycles. The molecule has 0 fully saturated rings. The quantitative estimate of drug-likeness (QED) is 0.464. The van der Waals surface area contributed by atoms with Crippen molar-refractivity contribution >= 4 is 11.8 Å². The van der Waals surface area contributed by atoms with E-state index in [1.807, 2.05) is 0 Å². The van der Waals surface area contributed by atoms with Gasteiger partial charge >= 0.3 is 5.97 Å². The topological polar surface area (TPSA) is 52.6 Å². The number of rotatable bonds is 3. The Bertz CT molecular complexity index is 531. The highest BCUT2D eigenvalue weighted by Crippen LogP contribution is 2.32. The van der Waals surface area contributed by atoms with Crippen molar-refractivity contribution in [2.45, 2.75) is 19.4 Å². The number of carbonyl (C=O) groups excluding carboxylic acids is 2. The van der Waals surface area contributed by atoms with E-state index in [0.29, 0.717) is 17.7 Å². The molecule has 1 aromatic rings. The fourth-order valence-corrected chi connectivity index (χ4v) is 1.92. The highest BCUT2D eigenvalue weighted by atomic mass is 16.5. The summed E-state index contributed by atoms with van der Waals surface area (Å²) < 4.78 is 10.2. The number of benzene rings is 1. The first kappa shape index (κ1) is 12.4. The summed E-state index contributed by atoms with van der Waals surface area (Å²) in [5.74, 6) is 0.225. The molecule has 0 aromatic heterocycles. The van der Waals surface area contributed by atoms with Gasteiger partial charge in [-0.15, -0.1) is 0 Å². The Morgan fingerprint density at radius 3 is 2.78 bits per heavy atom. The largest absolute Gasteiger partial charge is 0.485 e. The number of hydrogen-bond donors (Lipinski definition) is 0. The van der Waals surface area contributed by atoms with E-state index in [9.17, 15) is 9.59 Å². The zero-order valence-electron chi connectivity index (χ0n) is 10.4. The first-order valence-corrected chi connectivity index (χ1v) is 5.60. The van der Waals surface area contributed by atoms with Crippen molar-refractivity contribution in [3.05, 3.63) is 41.5 Å². The zero-order chi connectivity index (χ0) is 13.3. The van der Waals surface area contributed by atoms with Gasteiger partial charge < -0.3 is 9.47 Å². The van der Waals surface area contributed by atoms with Crippen LogP contribution in [0.3, 0.4) is 0 Å². The third-order valence-electron chi connectivity index (χ3n) is 2.98. The second kappa shape index (κ2) is 4.64. The van der Waals surface area contributed by atoms with Crippen LogP contribution in [0.15, 0.2) is 30.4 Å². The molecule has 0 N–H and O–H groups in total. The van der Waals surface area contributed by atoms with E-state index in [4.69, 9.17) is 4.74 Å². The van der Waals surface area contributed by atoms with Crippen LogP contribution in [0.4, 0.5) is 0 Å². The number of esters is 1. The third kappa shape index (κ3) is 2.14. The molecule has 0 amide bonds. The molecule has 4 heteroatoms. The molecule has 1 heterocycles. The summed E-state index contributed by atoms with van der Waals surface area (Å²) in [5, 5.41) is 0. The summed E-state index contributed by atoms with van der Waals surface area (Å²) in [5.41, 5.74) is 1.84. The second-order valence-corrected chi connectivity index (χ2v) is 4.21. The molecule has 2 rings (SSSR count). The predicted molar refractivity (Wildman–Crippen MR) is 65.7 cm³/mol. The molecule has 0 radical (unpaired) electrons. The van der Waals surface area contributed by atoms with Crippen LogP contribution in [-0.2, 0) is 16.0 Å². The number of hydrogen-bond acceptors (Lipinski definition) is 4. The van der Waals surface area contributed by atoms with E-state index in [1.54, 1.807) is 18.2 Å². The van der Waals surface area contributed by atoms with E-state index >= 15 is 0 Å². The van der Waals surface area contributed by atoms with Gasteiger partial charge in [0.25, 0.3) is 0 Å². The van der Waals surface area contributed by atoms with Crippen LogP contribution < -0.4 is 4.74 Å². The van der Waals surface area contributed by atoms with Crippen molar-refractivity contribution in [1.29, 1.82) is 0 Å². The molecule has 1 aliphatic rings. The molecule has 0 aliphatic carbocycles. The molecule has 0 spiro atoms. The van der Waals surface area contributed by atoms with Gasteiger partial charge in [-0.2, -0.15) is 0 Å². The Morgan fingerprint density at radius 2 is 2.17 bits per heavy atom. The van der Waals surface area contributed by atoms with E-state index in [2.05, 4.69) is 11.3 Å². The van der Waals surface area contributed by atoms with E-state index in [1.165, 1.54) is 14.0 Å². The number of methoxy groups -OCH3 is 1. The summed E-state index contributed by atoms with van der Waals surface area (Å²) in [6.07, 6.45) is 0.124. The summed E-state index contributed by atoms with van der Waals surface area (Å²) in [6, 6.07) is 5.25. The first-order valence-electron chi connectivity index (χ1n) is 5.60. The SMILES string of the molecule is C=C(C(=O)OC)C1Cc2cc(C(C)=O)ccc2O1. The fourth-order valence-electron chi connectivity index (χ4n) is 1.92. The van der Waals surface area contributed by atoms with Gasteiger partial charge in [-0.1, -0.05) is 6.58 Å². The number of fused-ring (bicyclic) bond motifs is 1. The van der Waals surface area contributed by atoms with Crippen LogP contribution in [0.2, 0.25) is 0 Å². The van der Waals surface area contributed by atoms with Crippen LogP contribution in [-0.4, -0.2) is 25.0 Å². The van der Waals surface area contributed by atoms with E-state index in [-0.39, 0.29) is 11.4 Å². The van der Waals surface area contributed by atoms with E-state index in [0.717, 1.165) is 5.56 Å². The van der Waals surface area contributed by atoms with Crippen LogP contribution in [0.25, 0.3) is 0 Å². The van der Waals surface area contributed by atoms with Crippen molar-refractivity contribution in [1.82, 2.24) is 0 Å². The maximum absolute atomic E-state index is 11.4. The fraction of sp³-hybridized carbons (Fsp3) is 0.286. The molecule has 1 unspecified atom stereocenters. The Kier molecular flexibility index (Phi) is 3.19. The summed E-state index contributed by atoms with van der Waals surface area (Å²) in [6.45, 7) is 5.20. The number of carbonyl (C=O) groups is 2. The van der Waals surface area contributed by atoms with Crippen molar-refractivity contribution in [2.75, 3.05) is 7.11 Å². The summed E-state index contributed by atoms with van der Waals surface area (Å²) in [7, 11) is 1.31. The molecular formula is C14H14O4. The van der Waals surface area contributed by atoms with E-state index < -0.39 is 12.1 Å². The lowest BCUT2D eigenvalue weighted by atomic mass is 10.0. The monoisotopic (exact) mass is 246 g/mol. The van der Waals surface area contributed by atoms with Crippen molar-refractivity contribution in [3.63, 3.8) is 0 Å². The van der Waals surface area contributed by atoms with Gasteiger partial charge in [0.2, 0.25) is 0 Å². The lowest BCUT2D eigenvalue weighted by molar-refractivity contribution is -0.136. The van der Waals surface area contributed by atoms with Crippen LogP contribution in [0.5, 0.6) is 5.75 Å². The predicted octanol–water partition coefficient (Wildman–Crippen LogP) is 1.92. The highest BCUT2D eigenvalue weighted by molar-refractivity contribution is 5.94. The van der Waals surface area contributed by atoms with Crippen molar-refractivity contribution in [2.24, 2.45) is 0 Å². The Hall–Kier alpha value is -2.10. The normalized spacial score (nSPS) is 16.7. The summed E-state index contributed by atoms with van der Waals surface area (Å²) >= 11 is 0. The molecule has 1 atom stereocenters. The lowest BCUT2D eigenvalue weighted by Gasteiger charge is -2.11. The maximum atomic E-state index is 11.4. The number of ether oxygens (including phenoxy) is 2. The molecule has 4 nitrogen and oxygen atoms in total. The van der Waals surface area contributed by atoms with Gasteiger partial charge in [0.05, 0.1) is 12.7 Å². The highest BCUT2D eigenvalue weighted by Gasteiger charge is 2.29. The minimum absolute atomic E-state index is 0.00745. The first-order chi connectivity index (χ1) is 8.52.